The van der Waals surface area contributed by atoms with E-state index in [1.807, 2.05) is 54.6 Å². The summed E-state index contributed by atoms with van der Waals surface area (Å²) in [5.41, 5.74) is 3.53. The topological polar surface area (TPSA) is 98.0 Å². The maximum atomic E-state index is 12.6. The molecule has 0 bridgehead atoms. The van der Waals surface area contributed by atoms with E-state index in [0.29, 0.717) is 16.7 Å². The Morgan fingerprint density at radius 3 is 2.52 bits per heavy atom. The number of rotatable bonds is 9. The number of carbonyl (C=O) groups excluding carboxylic acids is 1. The minimum Gasteiger partial charge on any atom is -0.497 e. The van der Waals surface area contributed by atoms with Crippen LogP contribution in [0.5, 0.6) is 5.75 Å². The van der Waals surface area contributed by atoms with Gasteiger partial charge in [-0.15, -0.1) is 0 Å². The number of benzene rings is 3. The molecule has 3 aromatic carbocycles. The van der Waals surface area contributed by atoms with Gasteiger partial charge in [-0.2, -0.15) is 0 Å². The fourth-order valence-corrected chi connectivity index (χ4v) is 3.43. The number of carbonyl (C=O) groups is 2. The highest BCUT2D eigenvalue weighted by Crippen LogP contribution is 2.24. The Kier molecular flexibility index (Phi) is 6.71. The molecule has 2 N–H and O–H groups in total. The molecular formula is C26H23NO6. The van der Waals surface area contributed by atoms with Gasteiger partial charge in [-0.3, -0.25) is 4.79 Å². The van der Waals surface area contributed by atoms with Gasteiger partial charge >= 0.3 is 5.97 Å². The number of amides is 1. The number of carboxylic acid groups (broad SMARTS) is 1. The largest absolute Gasteiger partial charge is 0.497 e. The molecule has 1 aromatic heterocycles. The lowest BCUT2D eigenvalue weighted by Crippen LogP contribution is -2.43. The molecule has 1 amide bonds. The van der Waals surface area contributed by atoms with Crippen LogP contribution in [0.15, 0.2) is 83.3 Å². The molecule has 0 saturated heterocycles. The van der Waals surface area contributed by atoms with Gasteiger partial charge in [-0.25, -0.2) is 4.79 Å². The number of hydrogen-bond acceptors (Lipinski definition) is 5. The van der Waals surface area contributed by atoms with Crippen molar-refractivity contribution in [3.05, 3.63) is 90.2 Å². The summed E-state index contributed by atoms with van der Waals surface area (Å²) in [7, 11) is 1.55. The number of nitrogens with one attached hydrogen (secondary N) is 1. The van der Waals surface area contributed by atoms with Crippen molar-refractivity contribution in [3.8, 4) is 16.9 Å². The Hall–Kier alpha value is -4.10. The number of ether oxygens (including phenoxy) is 2. The fraction of sp³-hybridized carbons (Fsp3) is 0.154. The third-order valence-electron chi connectivity index (χ3n) is 5.14. The summed E-state index contributed by atoms with van der Waals surface area (Å²) in [5, 5.41) is 12.7. The highest BCUT2D eigenvalue weighted by molar-refractivity contribution is 5.98. The Morgan fingerprint density at radius 1 is 0.970 bits per heavy atom. The smallest absolute Gasteiger partial charge is 0.328 e. The molecular weight excluding hydrogens is 422 g/mol. The number of fused-ring (bicyclic) bond motifs is 1. The quantitative estimate of drug-likeness (QED) is 0.393. The van der Waals surface area contributed by atoms with Crippen molar-refractivity contribution in [1.29, 1.82) is 0 Å². The SMILES string of the molecule is COc1ccc2oc(C(=O)NC(COCc3cccc(-c4ccccc4)c3)C(=O)O)cc2c1. The van der Waals surface area contributed by atoms with E-state index in [4.69, 9.17) is 13.9 Å². The standard InChI is InChI=1S/C26H23NO6/c1-31-21-10-11-23-20(13-21)14-24(33-23)25(28)27-22(26(29)30)16-32-15-17-6-5-9-19(12-17)18-7-3-2-4-8-18/h2-14,22H,15-16H2,1H3,(H,27,28)(H,29,30). The van der Waals surface area contributed by atoms with Crippen LogP contribution in [0.2, 0.25) is 0 Å². The van der Waals surface area contributed by atoms with E-state index < -0.39 is 17.9 Å². The van der Waals surface area contributed by atoms with Gasteiger partial charge in [0.05, 0.1) is 20.3 Å². The van der Waals surface area contributed by atoms with Crippen molar-refractivity contribution in [3.63, 3.8) is 0 Å². The monoisotopic (exact) mass is 445 g/mol. The number of furan rings is 1. The number of methoxy groups -OCH3 is 1. The zero-order valence-electron chi connectivity index (χ0n) is 18.0. The molecule has 7 nitrogen and oxygen atoms in total. The predicted octanol–water partition coefficient (Wildman–Crippen LogP) is 4.51. The van der Waals surface area contributed by atoms with E-state index in [1.54, 1.807) is 31.4 Å². The minimum atomic E-state index is -1.22. The lowest BCUT2D eigenvalue weighted by molar-refractivity contribution is -0.141. The molecule has 0 fully saturated rings. The van der Waals surface area contributed by atoms with Gasteiger partial charge in [0.25, 0.3) is 5.91 Å². The molecule has 4 aromatic rings. The normalized spacial score (nSPS) is 11.8. The fourth-order valence-electron chi connectivity index (χ4n) is 3.43. The van der Waals surface area contributed by atoms with Crippen molar-refractivity contribution in [2.24, 2.45) is 0 Å². The second kappa shape index (κ2) is 10.0. The van der Waals surface area contributed by atoms with Gasteiger partial charge in [0.2, 0.25) is 0 Å². The summed E-state index contributed by atoms with van der Waals surface area (Å²) < 4.78 is 16.3. The van der Waals surface area contributed by atoms with Crippen LogP contribution in [-0.4, -0.2) is 36.7 Å². The third kappa shape index (κ3) is 5.39. The zero-order valence-corrected chi connectivity index (χ0v) is 18.0. The molecule has 0 aliphatic carbocycles. The van der Waals surface area contributed by atoms with Gasteiger partial charge in [0.1, 0.15) is 11.3 Å². The molecule has 0 radical (unpaired) electrons. The van der Waals surface area contributed by atoms with Crippen LogP contribution in [0.3, 0.4) is 0 Å². The molecule has 1 unspecified atom stereocenters. The van der Waals surface area contributed by atoms with E-state index in [0.717, 1.165) is 16.7 Å². The van der Waals surface area contributed by atoms with Crippen LogP contribution in [-0.2, 0) is 16.1 Å². The number of hydrogen-bond donors (Lipinski definition) is 2. The van der Waals surface area contributed by atoms with Gasteiger partial charge in [-0.05, 0) is 47.0 Å². The van der Waals surface area contributed by atoms with Crippen LogP contribution in [0.1, 0.15) is 16.1 Å². The van der Waals surface area contributed by atoms with E-state index >= 15 is 0 Å². The van der Waals surface area contributed by atoms with Gasteiger partial charge in [0.15, 0.2) is 11.8 Å². The summed E-state index contributed by atoms with van der Waals surface area (Å²) >= 11 is 0. The van der Waals surface area contributed by atoms with Crippen molar-refractivity contribution in [2.75, 3.05) is 13.7 Å². The van der Waals surface area contributed by atoms with E-state index in [-0.39, 0.29) is 19.0 Å². The van der Waals surface area contributed by atoms with Crippen molar-refractivity contribution < 1.29 is 28.6 Å². The highest BCUT2D eigenvalue weighted by Gasteiger charge is 2.23. The molecule has 7 heteroatoms. The highest BCUT2D eigenvalue weighted by atomic mass is 16.5. The number of aliphatic carboxylic acids is 1. The van der Waals surface area contributed by atoms with Gasteiger partial charge < -0.3 is 24.3 Å². The zero-order chi connectivity index (χ0) is 23.2. The van der Waals surface area contributed by atoms with E-state index in [2.05, 4.69) is 5.32 Å². The Bertz CT molecular complexity index is 1260. The summed E-state index contributed by atoms with van der Waals surface area (Å²) in [6.45, 7) is 0.0233. The molecule has 1 heterocycles. The summed E-state index contributed by atoms with van der Waals surface area (Å²) in [6, 6.07) is 23.2. The first-order valence-corrected chi connectivity index (χ1v) is 10.4. The Morgan fingerprint density at radius 2 is 1.76 bits per heavy atom. The van der Waals surface area contributed by atoms with Crippen molar-refractivity contribution in [2.45, 2.75) is 12.6 Å². The van der Waals surface area contributed by atoms with Crippen LogP contribution >= 0.6 is 0 Å². The third-order valence-corrected chi connectivity index (χ3v) is 5.14. The molecule has 0 spiro atoms. The summed E-state index contributed by atoms with van der Waals surface area (Å²) in [4.78, 5) is 24.2. The van der Waals surface area contributed by atoms with E-state index in [9.17, 15) is 14.7 Å². The van der Waals surface area contributed by atoms with Crippen molar-refractivity contribution >= 4 is 22.8 Å². The lowest BCUT2D eigenvalue weighted by Gasteiger charge is -2.14. The second-order valence-electron chi connectivity index (χ2n) is 7.46. The van der Waals surface area contributed by atoms with Crippen LogP contribution in [0, 0.1) is 0 Å². The molecule has 0 aliphatic heterocycles. The minimum absolute atomic E-state index is 0.0139. The first kappa shape index (κ1) is 22.1. The maximum Gasteiger partial charge on any atom is 0.328 e. The predicted molar refractivity (Wildman–Crippen MR) is 123 cm³/mol. The maximum absolute atomic E-state index is 12.6. The Balaban J connectivity index is 1.37. The van der Waals surface area contributed by atoms with Gasteiger partial charge in [-0.1, -0.05) is 48.5 Å². The number of carboxylic acids is 1. The van der Waals surface area contributed by atoms with E-state index in [1.165, 1.54) is 0 Å². The molecule has 33 heavy (non-hydrogen) atoms. The summed E-state index contributed by atoms with van der Waals surface area (Å²) in [6.07, 6.45) is 0. The lowest BCUT2D eigenvalue weighted by atomic mass is 10.0. The van der Waals surface area contributed by atoms with Crippen molar-refractivity contribution in [1.82, 2.24) is 5.32 Å². The van der Waals surface area contributed by atoms with Crippen LogP contribution in [0.4, 0.5) is 0 Å². The average molecular weight is 445 g/mol. The Labute approximate surface area is 190 Å². The molecule has 0 aliphatic rings. The first-order valence-electron chi connectivity index (χ1n) is 10.4. The van der Waals surface area contributed by atoms with Crippen LogP contribution < -0.4 is 10.1 Å². The molecule has 0 saturated carbocycles. The second-order valence-corrected chi connectivity index (χ2v) is 7.46. The molecule has 1 atom stereocenters. The first-order chi connectivity index (χ1) is 16.0. The molecule has 168 valence electrons. The average Bonchev–Trinajstić information content (AvgIpc) is 3.27. The van der Waals surface area contributed by atoms with Crippen LogP contribution in [0.25, 0.3) is 22.1 Å². The molecule has 4 rings (SSSR count). The van der Waals surface area contributed by atoms with Gasteiger partial charge in [0, 0.05) is 5.39 Å². The summed E-state index contributed by atoms with van der Waals surface area (Å²) in [5.74, 6) is -1.19.